The Morgan fingerprint density at radius 3 is 2.83 bits per heavy atom. The van der Waals surface area contributed by atoms with Gasteiger partial charge < -0.3 is 4.74 Å². The fourth-order valence-corrected chi connectivity index (χ4v) is 2.44. The van der Waals surface area contributed by atoms with E-state index in [4.69, 9.17) is 4.74 Å². The molecule has 2 aromatic carbocycles. The molecule has 0 aromatic heterocycles. The highest BCUT2D eigenvalue weighted by Gasteiger charge is 2.23. The van der Waals surface area contributed by atoms with Gasteiger partial charge in [0.1, 0.15) is 6.10 Å². The molecule has 3 rings (SSSR count). The van der Waals surface area contributed by atoms with Crippen molar-refractivity contribution in [3.05, 3.63) is 60.3 Å². The molecule has 1 heterocycles. The molecule has 0 saturated heterocycles. The summed E-state index contributed by atoms with van der Waals surface area (Å²) in [6.45, 7) is 5.85. The van der Waals surface area contributed by atoms with Gasteiger partial charge in [0.15, 0.2) is 11.6 Å². The lowest BCUT2D eigenvalue weighted by Gasteiger charge is -2.08. The van der Waals surface area contributed by atoms with Crippen LogP contribution >= 0.6 is 0 Å². The van der Waals surface area contributed by atoms with E-state index < -0.39 is 0 Å². The van der Waals surface area contributed by atoms with E-state index in [1.54, 1.807) is 6.07 Å². The van der Waals surface area contributed by atoms with Crippen LogP contribution in [0, 0.1) is 19.7 Å². The third kappa shape index (κ3) is 1.78. The standard InChI is InChI=1S/C16H14FO/c1-10-5-3-4-6-14(10)12-8-13-7-11(2)18-16(13)15(17)9-12/h3-6,8-9,11H,2,7H2,1H3. The van der Waals surface area contributed by atoms with E-state index >= 15 is 0 Å². The third-order valence-corrected chi connectivity index (χ3v) is 3.31. The summed E-state index contributed by atoms with van der Waals surface area (Å²) in [5.74, 6) is 0.0734. The average molecular weight is 241 g/mol. The van der Waals surface area contributed by atoms with Gasteiger partial charge in [0.05, 0.1) is 0 Å². The summed E-state index contributed by atoms with van der Waals surface area (Å²) in [6.07, 6.45) is 0.494. The van der Waals surface area contributed by atoms with Crippen molar-refractivity contribution in [1.82, 2.24) is 0 Å². The van der Waals surface area contributed by atoms with Crippen LogP contribution in [0.4, 0.5) is 4.39 Å². The Labute approximate surface area is 106 Å². The molecule has 0 bridgehead atoms. The monoisotopic (exact) mass is 241 g/mol. The van der Waals surface area contributed by atoms with Gasteiger partial charge in [-0.05, 0) is 42.7 Å². The molecule has 1 aliphatic rings. The molecule has 0 N–H and O–H groups in total. The quantitative estimate of drug-likeness (QED) is 0.734. The number of benzene rings is 2. The lowest BCUT2D eigenvalue weighted by atomic mass is 9.97. The molecule has 0 saturated carbocycles. The van der Waals surface area contributed by atoms with Crippen LogP contribution in [0.1, 0.15) is 11.1 Å². The molecule has 0 fully saturated rings. The molecule has 1 nitrogen and oxygen atoms in total. The lowest BCUT2D eigenvalue weighted by Crippen LogP contribution is -2.06. The maximum atomic E-state index is 14.0. The second-order valence-electron chi connectivity index (χ2n) is 4.71. The molecule has 18 heavy (non-hydrogen) atoms. The number of rotatable bonds is 1. The lowest BCUT2D eigenvalue weighted by molar-refractivity contribution is 0.269. The van der Waals surface area contributed by atoms with Crippen molar-refractivity contribution in [2.75, 3.05) is 0 Å². The Morgan fingerprint density at radius 2 is 2.06 bits per heavy atom. The highest BCUT2D eigenvalue weighted by Crippen LogP contribution is 2.36. The summed E-state index contributed by atoms with van der Waals surface area (Å²) in [7, 11) is 0. The minimum absolute atomic E-state index is 0.179. The predicted molar refractivity (Wildman–Crippen MR) is 70.1 cm³/mol. The number of halogens is 1. The summed E-state index contributed by atoms with van der Waals surface area (Å²) in [4.78, 5) is 0. The smallest absolute Gasteiger partial charge is 0.165 e. The van der Waals surface area contributed by atoms with Gasteiger partial charge in [-0.3, -0.25) is 0 Å². The Bertz CT molecular complexity index is 604. The normalized spacial score (nSPS) is 17.4. The minimum Gasteiger partial charge on any atom is -0.487 e. The van der Waals surface area contributed by atoms with Crippen molar-refractivity contribution in [2.24, 2.45) is 0 Å². The van der Waals surface area contributed by atoms with Crippen LogP contribution in [-0.2, 0) is 6.42 Å². The van der Waals surface area contributed by atoms with E-state index in [1.807, 2.05) is 37.3 Å². The number of aryl methyl sites for hydroxylation is 1. The van der Waals surface area contributed by atoms with Gasteiger partial charge in [0.25, 0.3) is 0 Å². The van der Waals surface area contributed by atoms with E-state index in [0.29, 0.717) is 12.2 Å². The van der Waals surface area contributed by atoms with Gasteiger partial charge >= 0.3 is 0 Å². The van der Waals surface area contributed by atoms with E-state index in [1.165, 1.54) is 0 Å². The Hall–Kier alpha value is -1.83. The van der Waals surface area contributed by atoms with Crippen molar-refractivity contribution in [2.45, 2.75) is 19.4 Å². The first-order chi connectivity index (χ1) is 8.65. The van der Waals surface area contributed by atoms with Crippen LogP contribution in [0.5, 0.6) is 5.75 Å². The first kappa shape index (κ1) is 11.3. The molecule has 0 spiro atoms. The van der Waals surface area contributed by atoms with Crippen LogP contribution in [0.25, 0.3) is 11.1 Å². The summed E-state index contributed by atoms with van der Waals surface area (Å²) in [5.41, 5.74) is 4.02. The maximum Gasteiger partial charge on any atom is 0.165 e. The van der Waals surface area contributed by atoms with Crippen molar-refractivity contribution < 1.29 is 9.13 Å². The van der Waals surface area contributed by atoms with Crippen molar-refractivity contribution in [3.8, 4) is 16.9 Å². The molecule has 0 amide bonds. The number of fused-ring (bicyclic) bond motifs is 1. The topological polar surface area (TPSA) is 9.23 Å². The van der Waals surface area contributed by atoms with E-state index in [0.717, 1.165) is 22.3 Å². The fourth-order valence-electron chi connectivity index (χ4n) is 2.44. The van der Waals surface area contributed by atoms with Crippen molar-refractivity contribution >= 4 is 0 Å². The van der Waals surface area contributed by atoms with Crippen LogP contribution in [0.15, 0.2) is 36.4 Å². The highest BCUT2D eigenvalue weighted by molar-refractivity contribution is 5.69. The van der Waals surface area contributed by atoms with Crippen LogP contribution in [0.2, 0.25) is 0 Å². The van der Waals surface area contributed by atoms with E-state index in [2.05, 4.69) is 6.92 Å². The number of ether oxygens (including phenoxy) is 1. The average Bonchev–Trinajstić information content (AvgIpc) is 2.71. The Morgan fingerprint density at radius 1 is 1.28 bits per heavy atom. The predicted octanol–water partition coefficient (Wildman–Crippen LogP) is 3.94. The SMILES string of the molecule is [CH2]C1Cc2cc(-c3ccccc3C)cc(F)c2O1. The van der Waals surface area contributed by atoms with E-state index in [9.17, 15) is 4.39 Å². The van der Waals surface area contributed by atoms with Crippen LogP contribution < -0.4 is 4.74 Å². The summed E-state index contributed by atoms with van der Waals surface area (Å²) < 4.78 is 19.4. The zero-order chi connectivity index (χ0) is 12.7. The molecular weight excluding hydrogens is 227 g/mol. The maximum absolute atomic E-state index is 14.0. The Kier molecular flexibility index (Phi) is 2.58. The zero-order valence-corrected chi connectivity index (χ0v) is 10.2. The second kappa shape index (κ2) is 4.13. The largest absolute Gasteiger partial charge is 0.487 e. The molecule has 2 heteroatoms. The van der Waals surface area contributed by atoms with Gasteiger partial charge in [-0.2, -0.15) is 0 Å². The summed E-state index contributed by atoms with van der Waals surface area (Å²) in [5, 5.41) is 0. The van der Waals surface area contributed by atoms with Crippen molar-refractivity contribution in [1.29, 1.82) is 0 Å². The molecule has 0 aliphatic carbocycles. The van der Waals surface area contributed by atoms with Crippen LogP contribution in [-0.4, -0.2) is 6.10 Å². The van der Waals surface area contributed by atoms with Gasteiger partial charge in [0.2, 0.25) is 0 Å². The van der Waals surface area contributed by atoms with Gasteiger partial charge in [0, 0.05) is 12.0 Å². The first-order valence-corrected chi connectivity index (χ1v) is 6.03. The molecule has 1 atom stereocenters. The number of hydrogen-bond acceptors (Lipinski definition) is 1. The zero-order valence-electron chi connectivity index (χ0n) is 10.2. The second-order valence-corrected chi connectivity index (χ2v) is 4.71. The molecule has 1 radical (unpaired) electrons. The number of hydrogen-bond donors (Lipinski definition) is 0. The molecule has 91 valence electrons. The van der Waals surface area contributed by atoms with Gasteiger partial charge in [-0.1, -0.05) is 24.3 Å². The third-order valence-electron chi connectivity index (χ3n) is 3.31. The first-order valence-electron chi connectivity index (χ1n) is 6.03. The fraction of sp³-hybridized carbons (Fsp3) is 0.188. The van der Waals surface area contributed by atoms with E-state index in [-0.39, 0.29) is 11.9 Å². The Balaban J connectivity index is 2.14. The van der Waals surface area contributed by atoms with Gasteiger partial charge in [-0.15, -0.1) is 0 Å². The van der Waals surface area contributed by atoms with Gasteiger partial charge in [-0.25, -0.2) is 4.39 Å². The van der Waals surface area contributed by atoms with Crippen molar-refractivity contribution in [3.63, 3.8) is 0 Å². The highest BCUT2D eigenvalue weighted by atomic mass is 19.1. The molecule has 1 unspecified atom stereocenters. The van der Waals surface area contributed by atoms with Crippen LogP contribution in [0.3, 0.4) is 0 Å². The minimum atomic E-state index is -0.295. The molecule has 1 aliphatic heterocycles. The molecule has 2 aromatic rings. The summed E-state index contributed by atoms with van der Waals surface area (Å²) in [6, 6.07) is 11.5. The summed E-state index contributed by atoms with van der Waals surface area (Å²) >= 11 is 0. The molecular formula is C16H14FO.